The zero-order chi connectivity index (χ0) is 35.0. The predicted molar refractivity (Wildman–Crippen MR) is 175 cm³/mol. The highest BCUT2D eigenvalue weighted by molar-refractivity contribution is 5.65. The number of hydrogen-bond acceptors (Lipinski definition) is 10. The van der Waals surface area contributed by atoms with Gasteiger partial charge >= 0.3 is 5.97 Å². The second-order valence-electron chi connectivity index (χ2n) is 19.0. The normalized spacial score (nSPS) is 54.1. The van der Waals surface area contributed by atoms with E-state index in [-0.39, 0.29) is 57.4 Å². The number of carbonyl (C=O) groups is 1. The Morgan fingerprint density at radius 3 is 2.25 bits per heavy atom. The molecule has 2 aliphatic heterocycles. The third kappa shape index (κ3) is 4.82. The molecule has 48 heavy (non-hydrogen) atoms. The van der Waals surface area contributed by atoms with E-state index in [4.69, 9.17) is 18.9 Å². The molecule has 0 bridgehead atoms. The van der Waals surface area contributed by atoms with Gasteiger partial charge < -0.3 is 44.5 Å². The molecule has 10 heteroatoms. The van der Waals surface area contributed by atoms with Gasteiger partial charge in [-0.2, -0.15) is 0 Å². The Morgan fingerprint density at radius 2 is 1.60 bits per heavy atom. The molecule has 17 atom stereocenters. The summed E-state index contributed by atoms with van der Waals surface area (Å²) >= 11 is 0. The van der Waals surface area contributed by atoms with Gasteiger partial charge in [0, 0.05) is 12.3 Å². The van der Waals surface area contributed by atoms with Crippen LogP contribution in [0, 0.1) is 50.7 Å². The van der Waals surface area contributed by atoms with E-state index in [0.29, 0.717) is 24.2 Å². The first kappa shape index (κ1) is 35.5. The lowest BCUT2D eigenvalue weighted by atomic mass is 9.37. The molecule has 0 aromatic carbocycles. The number of fused-ring (bicyclic) bond motifs is 3. The van der Waals surface area contributed by atoms with Crippen LogP contribution in [0.1, 0.15) is 113 Å². The first-order valence-electron chi connectivity index (χ1n) is 18.8. The Bertz CT molecular complexity index is 1270. The molecule has 14 unspecified atom stereocenters. The third-order valence-corrected chi connectivity index (χ3v) is 16.2. The summed E-state index contributed by atoms with van der Waals surface area (Å²) in [5.41, 5.74) is -0.670. The van der Waals surface area contributed by atoms with Crippen LogP contribution in [-0.4, -0.2) is 98.8 Å². The predicted octanol–water partition coefficient (Wildman–Crippen LogP) is 3.72. The van der Waals surface area contributed by atoms with Crippen molar-refractivity contribution in [3.63, 3.8) is 0 Å². The number of ether oxygens (including phenoxy) is 4. The molecule has 7 fully saturated rings. The number of carbonyl (C=O) groups excluding carboxylic acids is 1. The van der Waals surface area contributed by atoms with E-state index in [1.54, 1.807) is 0 Å². The zero-order valence-electron chi connectivity index (χ0n) is 30.4. The molecule has 0 radical (unpaired) electrons. The van der Waals surface area contributed by atoms with Gasteiger partial charge in [0.2, 0.25) is 0 Å². The van der Waals surface area contributed by atoms with Crippen LogP contribution < -0.4 is 0 Å². The highest BCUT2D eigenvalue weighted by Crippen LogP contribution is 2.91. The van der Waals surface area contributed by atoms with Gasteiger partial charge in [-0.05, 0) is 117 Å². The van der Waals surface area contributed by atoms with Gasteiger partial charge in [-0.1, -0.05) is 34.6 Å². The molecule has 5 saturated carbocycles. The first-order chi connectivity index (χ1) is 22.3. The summed E-state index contributed by atoms with van der Waals surface area (Å²) in [5.74, 6) is 0.803. The molecule has 0 aromatic heterocycles. The van der Waals surface area contributed by atoms with E-state index in [1.165, 1.54) is 6.92 Å². The molecule has 7 rings (SSSR count). The minimum Gasteiger partial charge on any atom is -0.463 e. The van der Waals surface area contributed by atoms with Crippen LogP contribution in [0.2, 0.25) is 0 Å². The van der Waals surface area contributed by atoms with Crippen molar-refractivity contribution in [2.75, 3.05) is 6.61 Å². The molecule has 0 aromatic rings. The lowest BCUT2D eigenvalue weighted by molar-refractivity contribution is -0.344. The van der Waals surface area contributed by atoms with Gasteiger partial charge in [0.05, 0.1) is 23.9 Å². The van der Waals surface area contributed by atoms with Crippen molar-refractivity contribution < 1.29 is 49.3 Å². The lowest BCUT2D eigenvalue weighted by Gasteiger charge is -2.69. The lowest BCUT2D eigenvalue weighted by Crippen LogP contribution is -2.68. The Morgan fingerprint density at radius 1 is 0.917 bits per heavy atom. The zero-order valence-corrected chi connectivity index (χ0v) is 30.4. The monoisotopic (exact) mass is 678 g/mol. The SMILES string of the molecule is CC(=O)OCC1OC(OC2CC3C(C)(C)C(O)CC[C@]3(C)C3CCC45CC4(CC[C@H]5C(C)CC(O)C4OC4(C)C)[C@]23C)C(O)C(O)C1O. The number of hydrogen-bond donors (Lipinski definition) is 5. The Kier molecular flexibility index (Phi) is 8.39. The molecule has 10 nitrogen and oxygen atoms in total. The van der Waals surface area contributed by atoms with E-state index in [0.717, 1.165) is 51.4 Å². The summed E-state index contributed by atoms with van der Waals surface area (Å²) in [4.78, 5) is 11.6. The Labute approximate surface area is 286 Å². The maximum Gasteiger partial charge on any atom is 0.302 e. The second-order valence-corrected chi connectivity index (χ2v) is 19.0. The molecule has 5 aliphatic carbocycles. The Hall–Kier alpha value is -0.850. The highest BCUT2D eigenvalue weighted by Gasteiger charge is 2.85. The van der Waals surface area contributed by atoms with Crippen molar-refractivity contribution in [1.29, 1.82) is 0 Å². The van der Waals surface area contributed by atoms with Crippen LogP contribution in [0.25, 0.3) is 0 Å². The van der Waals surface area contributed by atoms with E-state index in [2.05, 4.69) is 34.6 Å². The van der Waals surface area contributed by atoms with Crippen LogP contribution in [-0.2, 0) is 23.7 Å². The van der Waals surface area contributed by atoms with Gasteiger partial charge in [-0.25, -0.2) is 0 Å². The average Bonchev–Trinajstić information content (AvgIpc) is 3.84. The summed E-state index contributed by atoms with van der Waals surface area (Å²) in [7, 11) is 0. The number of epoxide rings is 1. The summed E-state index contributed by atoms with van der Waals surface area (Å²) in [6, 6.07) is 0. The smallest absolute Gasteiger partial charge is 0.302 e. The van der Waals surface area contributed by atoms with E-state index in [9.17, 15) is 30.3 Å². The molecule has 274 valence electrons. The largest absolute Gasteiger partial charge is 0.463 e. The maximum absolute atomic E-state index is 11.6. The fraction of sp³-hybridized carbons (Fsp3) is 0.974. The van der Waals surface area contributed by atoms with E-state index < -0.39 is 48.9 Å². The quantitative estimate of drug-likeness (QED) is 0.146. The summed E-state index contributed by atoms with van der Waals surface area (Å²) in [6.45, 7) is 16.7. The second kappa shape index (κ2) is 11.3. The van der Waals surface area contributed by atoms with Crippen molar-refractivity contribution >= 4 is 5.97 Å². The fourth-order valence-corrected chi connectivity index (χ4v) is 13.7. The molecule has 0 spiro atoms. The van der Waals surface area contributed by atoms with Crippen molar-refractivity contribution in [1.82, 2.24) is 0 Å². The molecule has 7 aliphatic rings. The maximum atomic E-state index is 11.6. The molecule has 5 N–H and O–H groups in total. The number of aliphatic hydroxyl groups is 5. The Balaban J connectivity index is 1.22. The van der Waals surface area contributed by atoms with Crippen LogP contribution in [0.4, 0.5) is 0 Å². The first-order valence-corrected chi connectivity index (χ1v) is 18.8. The van der Waals surface area contributed by atoms with Crippen LogP contribution in [0.5, 0.6) is 0 Å². The van der Waals surface area contributed by atoms with Crippen molar-refractivity contribution in [3.8, 4) is 0 Å². The standard InChI is InChI=1S/C38H62O10/c1-19(15-22(40)31-34(5,6)48-31)21-9-14-38-18-37(21,38)13-10-24-35(7)12-11-26(41)33(3,4)25(35)16-27(36(24,38)8)47-32-30(44)29(43)28(42)23(46-32)17-45-20(2)39/h19,21-32,40-44H,9-18H2,1-8H3/t19?,21-,22?,23?,24?,25?,26?,27?,28?,29?,30?,31?,32?,35+,36-,37?,38?/m0/s1. The van der Waals surface area contributed by atoms with Crippen molar-refractivity contribution in [3.05, 3.63) is 0 Å². The number of esters is 1. The topological polar surface area (TPSA) is 158 Å². The third-order valence-electron chi connectivity index (χ3n) is 16.2. The van der Waals surface area contributed by atoms with Gasteiger partial charge in [-0.3, -0.25) is 4.79 Å². The number of rotatable bonds is 8. The summed E-state index contributed by atoms with van der Waals surface area (Å²) in [5, 5.41) is 55.3. The van der Waals surface area contributed by atoms with Crippen LogP contribution in [0.15, 0.2) is 0 Å². The molecule has 2 heterocycles. The minimum absolute atomic E-state index is 0.00472. The molecule has 2 saturated heterocycles. The van der Waals surface area contributed by atoms with Crippen molar-refractivity contribution in [2.24, 2.45) is 50.7 Å². The fourth-order valence-electron chi connectivity index (χ4n) is 13.7. The molecular formula is C38H62O10. The van der Waals surface area contributed by atoms with Crippen molar-refractivity contribution in [2.45, 2.75) is 174 Å². The minimum atomic E-state index is -1.53. The van der Waals surface area contributed by atoms with Crippen LogP contribution in [0.3, 0.4) is 0 Å². The van der Waals surface area contributed by atoms with E-state index in [1.807, 2.05) is 13.8 Å². The van der Waals surface area contributed by atoms with Gasteiger partial charge in [0.15, 0.2) is 6.29 Å². The van der Waals surface area contributed by atoms with E-state index >= 15 is 0 Å². The highest BCUT2D eigenvalue weighted by atomic mass is 16.7. The molecular weight excluding hydrogens is 616 g/mol. The summed E-state index contributed by atoms with van der Waals surface area (Å²) in [6.07, 6.45) is 0.669. The van der Waals surface area contributed by atoms with Gasteiger partial charge in [-0.15, -0.1) is 0 Å². The van der Waals surface area contributed by atoms with Gasteiger partial charge in [0.25, 0.3) is 0 Å². The van der Waals surface area contributed by atoms with Gasteiger partial charge in [0.1, 0.15) is 37.1 Å². The molecule has 0 amide bonds. The average molecular weight is 679 g/mol. The van der Waals surface area contributed by atoms with Crippen LogP contribution >= 0.6 is 0 Å². The summed E-state index contributed by atoms with van der Waals surface area (Å²) < 4.78 is 24.1. The number of aliphatic hydroxyl groups excluding tert-OH is 5.